The molecule has 2 aromatic rings. The molecule has 0 aliphatic carbocycles. The van der Waals surface area contributed by atoms with Gasteiger partial charge in [0.25, 0.3) is 0 Å². The molecule has 1 atom stereocenters. The zero-order valence-corrected chi connectivity index (χ0v) is 10.4. The van der Waals surface area contributed by atoms with Crippen LogP contribution in [0.4, 0.5) is 5.95 Å². The minimum absolute atomic E-state index is 0.0756. The number of para-hydroxylation sites is 2. The zero-order chi connectivity index (χ0) is 13.4. The Kier molecular flexibility index (Phi) is 2.70. The van der Waals surface area contributed by atoms with Crippen LogP contribution in [-0.4, -0.2) is 28.0 Å². The highest BCUT2D eigenvalue weighted by atomic mass is 16.5. The van der Waals surface area contributed by atoms with Crippen molar-refractivity contribution in [3.63, 3.8) is 0 Å². The van der Waals surface area contributed by atoms with Gasteiger partial charge in [0.15, 0.2) is 0 Å². The number of rotatable bonds is 2. The van der Waals surface area contributed by atoms with Gasteiger partial charge in [-0.05, 0) is 19.1 Å². The molecular formula is C13H13N3O3. The lowest BCUT2D eigenvalue weighted by Gasteiger charge is -2.23. The quantitative estimate of drug-likeness (QED) is 0.829. The lowest BCUT2D eigenvalue weighted by Crippen LogP contribution is -2.33. The van der Waals surface area contributed by atoms with Gasteiger partial charge >= 0.3 is 5.97 Å². The van der Waals surface area contributed by atoms with Gasteiger partial charge in [-0.3, -0.25) is 14.7 Å². The fraction of sp³-hybridized carbons (Fsp3) is 0.308. The first-order valence-corrected chi connectivity index (χ1v) is 6.14. The van der Waals surface area contributed by atoms with Crippen LogP contribution in [0.1, 0.15) is 19.4 Å². The van der Waals surface area contributed by atoms with Crippen LogP contribution in [-0.2, 0) is 14.3 Å². The van der Waals surface area contributed by atoms with E-state index in [1.54, 1.807) is 11.5 Å². The van der Waals surface area contributed by atoms with Crippen molar-refractivity contribution in [2.24, 2.45) is 0 Å². The molecule has 98 valence electrons. The number of hydrogen-bond acceptors (Lipinski definition) is 4. The van der Waals surface area contributed by atoms with E-state index in [4.69, 9.17) is 4.74 Å². The molecule has 1 amide bonds. The van der Waals surface area contributed by atoms with E-state index in [2.05, 4.69) is 10.3 Å². The summed E-state index contributed by atoms with van der Waals surface area (Å²) in [4.78, 5) is 28.0. The first-order chi connectivity index (χ1) is 9.20. The van der Waals surface area contributed by atoms with Gasteiger partial charge in [0.05, 0.1) is 24.1 Å². The number of imidazole rings is 1. The zero-order valence-electron chi connectivity index (χ0n) is 10.4. The van der Waals surface area contributed by atoms with E-state index in [-0.39, 0.29) is 12.3 Å². The summed E-state index contributed by atoms with van der Waals surface area (Å²) in [7, 11) is 0. The van der Waals surface area contributed by atoms with Crippen molar-refractivity contribution < 1.29 is 14.3 Å². The second-order valence-electron chi connectivity index (χ2n) is 4.31. The number of hydrogen-bond donors (Lipinski definition) is 1. The predicted octanol–water partition coefficient (Wildman–Crippen LogP) is 1.48. The van der Waals surface area contributed by atoms with Gasteiger partial charge < -0.3 is 4.74 Å². The number of anilines is 1. The fourth-order valence-corrected chi connectivity index (χ4v) is 2.32. The van der Waals surface area contributed by atoms with Crippen molar-refractivity contribution in [2.45, 2.75) is 19.4 Å². The fourth-order valence-electron chi connectivity index (χ4n) is 2.32. The Bertz CT molecular complexity index is 662. The van der Waals surface area contributed by atoms with E-state index < -0.39 is 12.0 Å². The van der Waals surface area contributed by atoms with Crippen molar-refractivity contribution in [3.05, 3.63) is 24.3 Å². The highest BCUT2D eigenvalue weighted by Crippen LogP contribution is 2.30. The number of nitrogens with zero attached hydrogens (tertiary/aromatic N) is 2. The lowest BCUT2D eigenvalue weighted by atomic mass is 10.1. The topological polar surface area (TPSA) is 73.2 Å². The molecular weight excluding hydrogens is 246 g/mol. The minimum atomic E-state index is -0.643. The second-order valence-corrected chi connectivity index (χ2v) is 4.31. The Morgan fingerprint density at radius 2 is 2.32 bits per heavy atom. The largest absolute Gasteiger partial charge is 0.464 e. The van der Waals surface area contributed by atoms with E-state index in [1.165, 1.54) is 0 Å². The van der Waals surface area contributed by atoms with Crippen molar-refractivity contribution in [1.29, 1.82) is 0 Å². The molecule has 1 aromatic carbocycles. The van der Waals surface area contributed by atoms with E-state index >= 15 is 0 Å². The summed E-state index contributed by atoms with van der Waals surface area (Å²) in [6.45, 7) is 2.03. The molecule has 6 heteroatoms. The van der Waals surface area contributed by atoms with Gasteiger partial charge in [-0.1, -0.05) is 12.1 Å². The van der Waals surface area contributed by atoms with Crippen LogP contribution >= 0.6 is 0 Å². The summed E-state index contributed by atoms with van der Waals surface area (Å²) < 4.78 is 6.77. The summed E-state index contributed by atoms with van der Waals surface area (Å²) in [6, 6.07) is 6.80. The van der Waals surface area contributed by atoms with Crippen LogP contribution in [0, 0.1) is 0 Å². The molecule has 1 aliphatic heterocycles. The van der Waals surface area contributed by atoms with Gasteiger partial charge in [-0.25, -0.2) is 9.78 Å². The molecule has 0 unspecified atom stereocenters. The highest BCUT2D eigenvalue weighted by molar-refractivity contribution is 5.98. The summed E-state index contributed by atoms with van der Waals surface area (Å²) in [5.74, 6) is -0.224. The van der Waals surface area contributed by atoms with Crippen molar-refractivity contribution in [1.82, 2.24) is 9.55 Å². The van der Waals surface area contributed by atoms with E-state index in [1.807, 2.05) is 24.3 Å². The van der Waals surface area contributed by atoms with E-state index in [9.17, 15) is 9.59 Å². The summed E-state index contributed by atoms with van der Waals surface area (Å²) in [6.07, 6.45) is 0.0756. The number of aromatic nitrogens is 2. The molecule has 0 bridgehead atoms. The maximum Gasteiger partial charge on any atom is 0.329 e. The summed E-state index contributed by atoms with van der Waals surface area (Å²) in [5.41, 5.74) is 1.56. The van der Waals surface area contributed by atoms with Gasteiger partial charge in [-0.2, -0.15) is 0 Å². The van der Waals surface area contributed by atoms with Crippen LogP contribution in [0.15, 0.2) is 24.3 Å². The average molecular weight is 259 g/mol. The number of nitrogens with one attached hydrogen (secondary N) is 1. The van der Waals surface area contributed by atoms with E-state index in [0.29, 0.717) is 12.6 Å². The molecule has 1 aromatic heterocycles. The highest BCUT2D eigenvalue weighted by Gasteiger charge is 2.33. The third-order valence-corrected chi connectivity index (χ3v) is 3.10. The molecule has 0 radical (unpaired) electrons. The maximum atomic E-state index is 12.0. The summed E-state index contributed by atoms with van der Waals surface area (Å²) >= 11 is 0. The predicted molar refractivity (Wildman–Crippen MR) is 68.6 cm³/mol. The Hall–Kier alpha value is -2.37. The Balaban J connectivity index is 2.15. The SMILES string of the molecule is CCOC(=O)[C@@H]1CC(=O)Nc2nc3ccccc3n21. The maximum absolute atomic E-state index is 12.0. The lowest BCUT2D eigenvalue weighted by molar-refractivity contribution is -0.148. The number of amides is 1. The standard InChI is InChI=1S/C13H13N3O3/c1-2-19-12(18)10-7-11(17)15-13-14-8-5-3-4-6-9(8)16(10)13/h3-6,10H,2,7H2,1H3,(H,14,15,17)/t10-/m0/s1. The molecule has 3 rings (SSSR count). The Labute approximate surface area is 109 Å². The molecule has 2 heterocycles. The smallest absolute Gasteiger partial charge is 0.329 e. The van der Waals surface area contributed by atoms with Crippen LogP contribution in [0.5, 0.6) is 0 Å². The first-order valence-electron chi connectivity index (χ1n) is 6.14. The molecule has 0 saturated heterocycles. The number of ether oxygens (including phenoxy) is 1. The van der Waals surface area contributed by atoms with Crippen LogP contribution in [0.3, 0.4) is 0 Å². The molecule has 1 aliphatic rings. The normalized spacial score (nSPS) is 17.9. The van der Waals surface area contributed by atoms with Gasteiger partial charge in [0.2, 0.25) is 11.9 Å². The molecule has 6 nitrogen and oxygen atoms in total. The van der Waals surface area contributed by atoms with Gasteiger partial charge in [-0.15, -0.1) is 0 Å². The number of carbonyl (C=O) groups excluding carboxylic acids is 2. The Morgan fingerprint density at radius 1 is 1.53 bits per heavy atom. The second kappa shape index (κ2) is 4.38. The molecule has 1 N–H and O–H groups in total. The summed E-state index contributed by atoms with van der Waals surface area (Å²) in [5, 5.41) is 2.68. The monoisotopic (exact) mass is 259 g/mol. The van der Waals surface area contributed by atoms with Gasteiger partial charge in [0, 0.05) is 0 Å². The molecule has 0 spiro atoms. The molecule has 0 saturated carbocycles. The first kappa shape index (κ1) is 11.7. The molecule has 0 fully saturated rings. The Morgan fingerprint density at radius 3 is 3.11 bits per heavy atom. The third kappa shape index (κ3) is 1.85. The molecule has 19 heavy (non-hydrogen) atoms. The number of benzene rings is 1. The van der Waals surface area contributed by atoms with Crippen LogP contribution in [0.2, 0.25) is 0 Å². The number of esters is 1. The van der Waals surface area contributed by atoms with Crippen molar-refractivity contribution >= 4 is 28.9 Å². The number of carbonyl (C=O) groups is 2. The number of fused-ring (bicyclic) bond motifs is 3. The van der Waals surface area contributed by atoms with Crippen molar-refractivity contribution in [3.8, 4) is 0 Å². The van der Waals surface area contributed by atoms with E-state index in [0.717, 1.165) is 11.0 Å². The van der Waals surface area contributed by atoms with Crippen molar-refractivity contribution in [2.75, 3.05) is 11.9 Å². The van der Waals surface area contributed by atoms with Crippen LogP contribution < -0.4 is 5.32 Å². The average Bonchev–Trinajstić information content (AvgIpc) is 2.75. The van der Waals surface area contributed by atoms with Gasteiger partial charge in [0.1, 0.15) is 6.04 Å². The third-order valence-electron chi connectivity index (χ3n) is 3.10. The minimum Gasteiger partial charge on any atom is -0.464 e. The van der Waals surface area contributed by atoms with Crippen LogP contribution in [0.25, 0.3) is 11.0 Å².